The number of likely N-dealkylation sites (tertiary alicyclic amines) is 1. The van der Waals surface area contributed by atoms with Gasteiger partial charge in [0.2, 0.25) is 15.9 Å². The lowest BCUT2D eigenvalue weighted by molar-refractivity contribution is -0.137. The maximum absolute atomic E-state index is 13.0. The zero-order valence-corrected chi connectivity index (χ0v) is 20.2. The van der Waals surface area contributed by atoms with Crippen LogP contribution in [0.25, 0.3) is 0 Å². The number of carbonyl (C=O) groups excluding carboxylic acids is 1. The van der Waals surface area contributed by atoms with Gasteiger partial charge in [-0.3, -0.25) is 9.36 Å². The number of aromatic nitrogens is 3. The van der Waals surface area contributed by atoms with Crippen LogP contribution in [-0.2, 0) is 27.9 Å². The van der Waals surface area contributed by atoms with Gasteiger partial charge in [0.05, 0.1) is 12.8 Å². The molecule has 0 saturated carbocycles. The predicted octanol–water partition coefficient (Wildman–Crippen LogP) is 1.49. The van der Waals surface area contributed by atoms with E-state index in [1.54, 1.807) is 9.25 Å². The number of amides is 1. The second-order valence-corrected chi connectivity index (χ2v) is 11.0. The predicted molar refractivity (Wildman–Crippen MR) is 125 cm³/mol. The normalized spacial score (nSPS) is 19.2. The van der Waals surface area contributed by atoms with Crippen LogP contribution in [0.3, 0.4) is 0 Å². The fraction of sp³-hybridized carbons (Fsp3) is 0.609. The third-order valence-corrected chi connectivity index (χ3v) is 8.19. The number of hydrogen-bond donors (Lipinski definition) is 0. The lowest BCUT2D eigenvalue weighted by Gasteiger charge is -2.36. The number of sulfonamides is 1. The molecule has 2 saturated heterocycles. The number of rotatable bonds is 6. The summed E-state index contributed by atoms with van der Waals surface area (Å²) in [4.78, 5) is 27.8. The molecule has 1 amide bonds. The van der Waals surface area contributed by atoms with Crippen molar-refractivity contribution >= 4 is 15.9 Å². The number of piperidine rings is 2. The van der Waals surface area contributed by atoms with Crippen LogP contribution in [0.5, 0.6) is 0 Å². The van der Waals surface area contributed by atoms with Gasteiger partial charge in [0.1, 0.15) is 5.82 Å². The standard InChI is InChI=1S/C23H33N5O4S/c1-3-27-21(24-28(23(27)30)17-18-7-5-4-6-8-18)19-9-13-25(14-10-19)22(29)20-11-15-26(16-12-20)33(2,31)32/h4-8,19-20H,3,9-17H2,1-2H3. The molecule has 0 radical (unpaired) electrons. The summed E-state index contributed by atoms with van der Waals surface area (Å²) in [5.74, 6) is 0.973. The van der Waals surface area contributed by atoms with Crippen molar-refractivity contribution in [2.45, 2.75) is 51.6 Å². The minimum Gasteiger partial charge on any atom is -0.342 e. The van der Waals surface area contributed by atoms with Crippen molar-refractivity contribution in [1.82, 2.24) is 23.6 Å². The molecule has 2 fully saturated rings. The Morgan fingerprint density at radius 3 is 2.24 bits per heavy atom. The molecule has 33 heavy (non-hydrogen) atoms. The molecular formula is C23H33N5O4S. The summed E-state index contributed by atoms with van der Waals surface area (Å²) in [6.07, 6.45) is 3.92. The number of nitrogens with zero attached hydrogens (tertiary/aromatic N) is 5. The van der Waals surface area contributed by atoms with Gasteiger partial charge in [-0.1, -0.05) is 30.3 Å². The molecule has 1 aromatic carbocycles. The molecule has 0 N–H and O–H groups in total. The summed E-state index contributed by atoms with van der Waals surface area (Å²) < 4.78 is 28.2. The first-order valence-corrected chi connectivity index (χ1v) is 13.6. The van der Waals surface area contributed by atoms with Crippen molar-refractivity contribution in [3.8, 4) is 0 Å². The molecule has 2 aliphatic heterocycles. The van der Waals surface area contributed by atoms with E-state index in [1.807, 2.05) is 42.2 Å². The molecule has 0 spiro atoms. The Hall–Kier alpha value is -2.46. The number of benzene rings is 1. The van der Waals surface area contributed by atoms with Gasteiger partial charge < -0.3 is 4.90 Å². The summed E-state index contributed by atoms with van der Waals surface area (Å²) in [5, 5.41) is 4.69. The van der Waals surface area contributed by atoms with Crippen LogP contribution in [0.4, 0.5) is 0 Å². The summed E-state index contributed by atoms with van der Waals surface area (Å²) in [7, 11) is -3.19. The zero-order chi connectivity index (χ0) is 23.6. The second kappa shape index (κ2) is 9.80. The molecule has 10 heteroatoms. The van der Waals surface area contributed by atoms with Crippen LogP contribution in [-0.4, -0.2) is 70.3 Å². The lowest BCUT2D eigenvalue weighted by atomic mass is 9.92. The molecule has 1 aromatic heterocycles. The van der Waals surface area contributed by atoms with Crippen molar-refractivity contribution < 1.29 is 13.2 Å². The maximum Gasteiger partial charge on any atom is 0.346 e. The van der Waals surface area contributed by atoms with E-state index in [0.29, 0.717) is 52.1 Å². The van der Waals surface area contributed by atoms with Crippen molar-refractivity contribution in [1.29, 1.82) is 0 Å². The van der Waals surface area contributed by atoms with Crippen molar-refractivity contribution in [3.63, 3.8) is 0 Å². The first-order chi connectivity index (χ1) is 15.8. The van der Waals surface area contributed by atoms with Gasteiger partial charge in [0.25, 0.3) is 0 Å². The van der Waals surface area contributed by atoms with Crippen LogP contribution in [0.1, 0.15) is 49.9 Å². The largest absolute Gasteiger partial charge is 0.346 e. The summed E-state index contributed by atoms with van der Waals surface area (Å²) in [5.41, 5.74) is 0.946. The van der Waals surface area contributed by atoms with E-state index in [4.69, 9.17) is 5.10 Å². The zero-order valence-electron chi connectivity index (χ0n) is 19.4. The third-order valence-electron chi connectivity index (χ3n) is 6.89. The van der Waals surface area contributed by atoms with E-state index in [2.05, 4.69) is 0 Å². The summed E-state index contributed by atoms with van der Waals surface area (Å²) >= 11 is 0. The molecule has 0 aliphatic carbocycles. The van der Waals surface area contributed by atoms with Gasteiger partial charge in [-0.15, -0.1) is 0 Å². The molecule has 180 valence electrons. The van der Waals surface area contributed by atoms with Gasteiger partial charge in [0, 0.05) is 44.6 Å². The molecule has 9 nitrogen and oxygen atoms in total. The molecular weight excluding hydrogens is 442 g/mol. The maximum atomic E-state index is 13.0. The average molecular weight is 476 g/mol. The fourth-order valence-corrected chi connectivity index (χ4v) is 5.84. The van der Waals surface area contributed by atoms with Crippen molar-refractivity contribution in [3.05, 3.63) is 52.2 Å². The highest BCUT2D eigenvalue weighted by molar-refractivity contribution is 7.88. The van der Waals surface area contributed by atoms with Gasteiger partial charge >= 0.3 is 5.69 Å². The van der Waals surface area contributed by atoms with Gasteiger partial charge in [0.15, 0.2) is 0 Å². The van der Waals surface area contributed by atoms with Crippen LogP contribution in [0.2, 0.25) is 0 Å². The smallest absolute Gasteiger partial charge is 0.342 e. The molecule has 0 unspecified atom stereocenters. The summed E-state index contributed by atoms with van der Waals surface area (Å²) in [6, 6.07) is 9.83. The Labute approximate surface area is 195 Å². The van der Waals surface area contributed by atoms with Crippen LogP contribution < -0.4 is 5.69 Å². The van der Waals surface area contributed by atoms with E-state index < -0.39 is 10.0 Å². The topological polar surface area (TPSA) is 97.5 Å². The van der Waals surface area contributed by atoms with Crippen LogP contribution in [0.15, 0.2) is 35.1 Å². The Balaban J connectivity index is 1.38. The van der Waals surface area contributed by atoms with Crippen LogP contribution in [0, 0.1) is 5.92 Å². The monoisotopic (exact) mass is 475 g/mol. The Bertz CT molecular complexity index is 1130. The average Bonchev–Trinajstić information content (AvgIpc) is 3.14. The first-order valence-electron chi connectivity index (χ1n) is 11.7. The Kier molecular flexibility index (Phi) is 7.04. The number of hydrogen-bond acceptors (Lipinski definition) is 5. The summed E-state index contributed by atoms with van der Waals surface area (Å²) in [6.45, 7) is 5.07. The molecule has 2 aliphatic rings. The molecule has 3 heterocycles. The van der Waals surface area contributed by atoms with E-state index >= 15 is 0 Å². The minimum atomic E-state index is -3.19. The van der Waals surface area contributed by atoms with Gasteiger partial charge in [-0.05, 0) is 38.2 Å². The van der Waals surface area contributed by atoms with E-state index in [1.165, 1.54) is 10.6 Å². The highest BCUT2D eigenvalue weighted by Crippen LogP contribution is 2.29. The molecule has 4 rings (SSSR count). The van der Waals surface area contributed by atoms with Crippen molar-refractivity contribution in [2.75, 3.05) is 32.4 Å². The van der Waals surface area contributed by atoms with E-state index in [-0.39, 0.29) is 23.4 Å². The van der Waals surface area contributed by atoms with E-state index in [9.17, 15) is 18.0 Å². The van der Waals surface area contributed by atoms with Crippen molar-refractivity contribution in [2.24, 2.45) is 5.92 Å². The molecule has 2 aromatic rings. The SMILES string of the molecule is CCn1c(C2CCN(C(=O)C3CCN(S(C)(=O)=O)CC3)CC2)nn(Cc2ccccc2)c1=O. The minimum absolute atomic E-state index is 0.0903. The third kappa shape index (κ3) is 5.22. The second-order valence-electron chi connectivity index (χ2n) is 9.06. The van der Waals surface area contributed by atoms with E-state index in [0.717, 1.165) is 24.2 Å². The fourth-order valence-electron chi connectivity index (χ4n) is 4.97. The first kappa shape index (κ1) is 23.7. The highest BCUT2D eigenvalue weighted by Gasteiger charge is 2.34. The van der Waals surface area contributed by atoms with Gasteiger partial charge in [-0.25, -0.2) is 22.2 Å². The number of carbonyl (C=O) groups is 1. The molecule has 0 bridgehead atoms. The quantitative estimate of drug-likeness (QED) is 0.631. The highest BCUT2D eigenvalue weighted by atomic mass is 32.2. The Morgan fingerprint density at radius 2 is 1.67 bits per heavy atom. The van der Waals surface area contributed by atoms with Gasteiger partial charge in [-0.2, -0.15) is 5.10 Å². The Morgan fingerprint density at radius 1 is 1.03 bits per heavy atom. The van der Waals surface area contributed by atoms with Crippen LogP contribution >= 0.6 is 0 Å². The lowest BCUT2D eigenvalue weighted by Crippen LogP contribution is -2.46. The molecule has 0 atom stereocenters.